The Hall–Kier alpha value is -1.40. The van der Waals surface area contributed by atoms with Crippen molar-refractivity contribution in [2.24, 2.45) is 5.41 Å². The van der Waals surface area contributed by atoms with Gasteiger partial charge in [0, 0.05) is 43.6 Å². The van der Waals surface area contributed by atoms with Crippen LogP contribution in [0.1, 0.15) is 66.7 Å². The summed E-state index contributed by atoms with van der Waals surface area (Å²) in [6.45, 7) is 5.35. The Morgan fingerprint density at radius 2 is 2.04 bits per heavy atom. The molecule has 1 aliphatic heterocycles. The Morgan fingerprint density at radius 1 is 1.38 bits per heavy atom. The van der Waals surface area contributed by atoms with Crippen LogP contribution in [-0.4, -0.2) is 58.0 Å². The van der Waals surface area contributed by atoms with Gasteiger partial charge in [-0.3, -0.25) is 9.89 Å². The summed E-state index contributed by atoms with van der Waals surface area (Å²) in [6, 6.07) is 0. The molecule has 2 atom stereocenters. The van der Waals surface area contributed by atoms with Crippen LogP contribution in [0.15, 0.2) is 0 Å². The fraction of sp³-hybridized carbons (Fsp3) is 0.778. The monoisotopic (exact) mass is 333 g/mol. The number of aryl methyl sites for hydroxylation is 1. The van der Waals surface area contributed by atoms with Crippen LogP contribution in [0.2, 0.25) is 0 Å². The molecule has 2 N–H and O–H groups in total. The summed E-state index contributed by atoms with van der Waals surface area (Å²) in [6.07, 6.45) is 4.21. The number of likely N-dealkylation sites (tertiary alicyclic amines) is 1. The summed E-state index contributed by atoms with van der Waals surface area (Å²) >= 11 is 0. The van der Waals surface area contributed by atoms with E-state index in [1.807, 2.05) is 11.8 Å². The smallest absolute Gasteiger partial charge is 0.257 e. The summed E-state index contributed by atoms with van der Waals surface area (Å²) in [4.78, 5) is 15.0. The van der Waals surface area contributed by atoms with Crippen LogP contribution in [0, 0.1) is 12.3 Å². The van der Waals surface area contributed by atoms with E-state index in [9.17, 15) is 9.90 Å². The van der Waals surface area contributed by atoms with E-state index in [0.29, 0.717) is 25.4 Å². The SMILES string of the molecule is CO[C@@]1(C)C[C@@H](O)C12CCN(C(=O)c1c(C3CC3)n[nH]c1C)CC2. The van der Waals surface area contributed by atoms with Crippen molar-refractivity contribution in [2.45, 2.75) is 63.6 Å². The lowest BCUT2D eigenvalue weighted by Crippen LogP contribution is -2.69. The van der Waals surface area contributed by atoms with E-state index in [4.69, 9.17) is 4.74 Å². The van der Waals surface area contributed by atoms with Crippen LogP contribution in [0.4, 0.5) is 0 Å². The molecule has 2 saturated carbocycles. The Kier molecular flexibility index (Phi) is 3.55. The molecule has 0 bridgehead atoms. The van der Waals surface area contributed by atoms with Gasteiger partial charge in [-0.05, 0) is 39.5 Å². The van der Waals surface area contributed by atoms with E-state index in [1.54, 1.807) is 7.11 Å². The minimum Gasteiger partial charge on any atom is -0.392 e. The second kappa shape index (κ2) is 5.30. The molecule has 1 saturated heterocycles. The second-order valence-corrected chi connectivity index (χ2v) is 7.99. The van der Waals surface area contributed by atoms with E-state index in [0.717, 1.165) is 42.6 Å². The number of carbonyl (C=O) groups excluding carboxylic acids is 1. The van der Waals surface area contributed by atoms with Crippen molar-refractivity contribution in [1.82, 2.24) is 15.1 Å². The third-order valence-electron chi connectivity index (χ3n) is 6.82. The van der Waals surface area contributed by atoms with Crippen molar-refractivity contribution in [3.8, 4) is 0 Å². The molecule has 132 valence electrons. The first-order valence-electron chi connectivity index (χ1n) is 8.99. The molecule has 2 aliphatic carbocycles. The molecule has 3 fully saturated rings. The fourth-order valence-electron chi connectivity index (χ4n) is 4.77. The number of amides is 1. The number of aliphatic hydroxyl groups excluding tert-OH is 1. The summed E-state index contributed by atoms with van der Waals surface area (Å²) in [5, 5.41) is 17.7. The third kappa shape index (κ3) is 2.09. The van der Waals surface area contributed by atoms with Crippen molar-refractivity contribution < 1.29 is 14.6 Å². The summed E-state index contributed by atoms with van der Waals surface area (Å²) in [5.74, 6) is 0.543. The summed E-state index contributed by atoms with van der Waals surface area (Å²) in [7, 11) is 1.72. The highest BCUT2D eigenvalue weighted by atomic mass is 16.5. The predicted octanol–water partition coefficient (Wildman–Crippen LogP) is 1.99. The lowest BCUT2D eigenvalue weighted by molar-refractivity contribution is -0.259. The summed E-state index contributed by atoms with van der Waals surface area (Å²) in [5.41, 5.74) is 2.11. The number of aliphatic hydroxyl groups is 1. The van der Waals surface area contributed by atoms with E-state index in [1.165, 1.54) is 0 Å². The molecular formula is C18H27N3O3. The lowest BCUT2D eigenvalue weighted by Gasteiger charge is -2.62. The van der Waals surface area contributed by atoms with Crippen LogP contribution in [0.25, 0.3) is 0 Å². The first-order chi connectivity index (χ1) is 11.4. The molecule has 3 aliphatic rings. The number of H-pyrrole nitrogens is 1. The van der Waals surface area contributed by atoms with E-state index >= 15 is 0 Å². The molecule has 2 heterocycles. The number of ether oxygens (including phenoxy) is 1. The van der Waals surface area contributed by atoms with E-state index in [2.05, 4.69) is 17.1 Å². The zero-order valence-electron chi connectivity index (χ0n) is 14.8. The Balaban J connectivity index is 1.50. The molecule has 6 heteroatoms. The van der Waals surface area contributed by atoms with Gasteiger partial charge in [-0.25, -0.2) is 0 Å². The van der Waals surface area contributed by atoms with Crippen LogP contribution < -0.4 is 0 Å². The average molecular weight is 333 g/mol. The number of carbonyl (C=O) groups is 1. The number of piperidine rings is 1. The lowest BCUT2D eigenvalue weighted by atomic mass is 9.51. The maximum Gasteiger partial charge on any atom is 0.257 e. The van der Waals surface area contributed by atoms with Crippen LogP contribution in [-0.2, 0) is 4.74 Å². The molecule has 0 aromatic carbocycles. The maximum absolute atomic E-state index is 13.0. The Labute approximate surface area is 142 Å². The van der Waals surface area contributed by atoms with Crippen LogP contribution >= 0.6 is 0 Å². The van der Waals surface area contributed by atoms with Gasteiger partial charge < -0.3 is 14.7 Å². The normalized spacial score (nSPS) is 32.0. The molecule has 4 rings (SSSR count). The molecule has 0 unspecified atom stereocenters. The van der Waals surface area contributed by atoms with Crippen LogP contribution in [0.3, 0.4) is 0 Å². The fourth-order valence-corrected chi connectivity index (χ4v) is 4.77. The van der Waals surface area contributed by atoms with Gasteiger partial charge in [0.25, 0.3) is 5.91 Å². The zero-order valence-corrected chi connectivity index (χ0v) is 14.8. The van der Waals surface area contributed by atoms with E-state index < -0.39 is 0 Å². The quantitative estimate of drug-likeness (QED) is 0.887. The van der Waals surface area contributed by atoms with E-state index in [-0.39, 0.29) is 23.0 Å². The Morgan fingerprint density at radius 3 is 2.58 bits per heavy atom. The first kappa shape index (κ1) is 16.1. The van der Waals surface area contributed by atoms with Gasteiger partial charge in [-0.1, -0.05) is 0 Å². The molecular weight excluding hydrogens is 306 g/mol. The molecule has 0 radical (unpaired) electrons. The van der Waals surface area contributed by atoms with Crippen LogP contribution in [0.5, 0.6) is 0 Å². The summed E-state index contributed by atoms with van der Waals surface area (Å²) < 4.78 is 5.70. The zero-order chi connectivity index (χ0) is 17.1. The van der Waals surface area contributed by atoms with Crippen molar-refractivity contribution in [3.05, 3.63) is 17.0 Å². The number of hydrogen-bond acceptors (Lipinski definition) is 4. The first-order valence-corrected chi connectivity index (χ1v) is 8.99. The molecule has 1 amide bonds. The molecule has 1 aromatic heterocycles. The molecule has 6 nitrogen and oxygen atoms in total. The van der Waals surface area contributed by atoms with Gasteiger partial charge in [0.05, 0.1) is 23.0 Å². The standard InChI is InChI=1S/C18H27N3O3/c1-11-14(15(20-19-11)12-4-5-12)16(23)21-8-6-18(7-9-21)13(22)10-17(18,2)24-3/h12-13,22H,4-10H2,1-3H3,(H,19,20)/t13-,17+/m1/s1. The van der Waals surface area contributed by atoms with Gasteiger partial charge in [0.2, 0.25) is 0 Å². The maximum atomic E-state index is 13.0. The average Bonchev–Trinajstić information content (AvgIpc) is 3.36. The highest BCUT2D eigenvalue weighted by Gasteiger charge is 2.63. The van der Waals surface area contributed by atoms with Crippen molar-refractivity contribution in [2.75, 3.05) is 20.2 Å². The van der Waals surface area contributed by atoms with Gasteiger partial charge >= 0.3 is 0 Å². The van der Waals surface area contributed by atoms with Gasteiger partial charge in [0.15, 0.2) is 0 Å². The Bertz CT molecular complexity index is 658. The van der Waals surface area contributed by atoms with Gasteiger partial charge in [0.1, 0.15) is 0 Å². The minimum atomic E-state index is -0.322. The number of hydrogen-bond donors (Lipinski definition) is 2. The van der Waals surface area contributed by atoms with Crippen molar-refractivity contribution in [3.63, 3.8) is 0 Å². The molecule has 1 aromatic rings. The predicted molar refractivity (Wildman–Crippen MR) is 88.9 cm³/mol. The number of nitrogens with one attached hydrogen (secondary N) is 1. The number of aromatic amines is 1. The van der Waals surface area contributed by atoms with Gasteiger partial charge in [-0.15, -0.1) is 0 Å². The minimum absolute atomic E-state index is 0.0888. The third-order valence-corrected chi connectivity index (χ3v) is 6.82. The van der Waals surface area contributed by atoms with Gasteiger partial charge in [-0.2, -0.15) is 5.10 Å². The number of methoxy groups -OCH3 is 1. The number of aromatic nitrogens is 2. The number of nitrogens with zero attached hydrogens (tertiary/aromatic N) is 2. The topological polar surface area (TPSA) is 78.5 Å². The second-order valence-electron chi connectivity index (χ2n) is 7.99. The van der Waals surface area contributed by atoms with Crippen molar-refractivity contribution >= 4 is 5.91 Å². The highest BCUT2D eigenvalue weighted by Crippen LogP contribution is 2.58. The molecule has 24 heavy (non-hydrogen) atoms. The highest BCUT2D eigenvalue weighted by molar-refractivity contribution is 5.96. The number of rotatable bonds is 3. The largest absolute Gasteiger partial charge is 0.392 e. The molecule has 1 spiro atoms. The van der Waals surface area contributed by atoms with Crippen molar-refractivity contribution in [1.29, 1.82) is 0 Å².